The lowest BCUT2D eigenvalue weighted by molar-refractivity contribution is 0.618. The third-order valence-electron chi connectivity index (χ3n) is 1.53. The summed E-state index contributed by atoms with van der Waals surface area (Å²) >= 11 is 0. The van der Waals surface area contributed by atoms with Gasteiger partial charge in [-0.2, -0.15) is 0 Å². The van der Waals surface area contributed by atoms with E-state index in [0.29, 0.717) is 5.57 Å². The molecule has 0 aromatic carbocycles. The zero-order valence-electron chi connectivity index (χ0n) is 7.55. The molecule has 0 aliphatic carbocycles. The van der Waals surface area contributed by atoms with Gasteiger partial charge in [0.1, 0.15) is 5.83 Å². The van der Waals surface area contributed by atoms with Crippen molar-refractivity contribution in [3.8, 4) is 0 Å². The van der Waals surface area contributed by atoms with E-state index < -0.39 is 0 Å². The second-order valence-corrected chi connectivity index (χ2v) is 2.44. The molecule has 66 valence electrons. The summed E-state index contributed by atoms with van der Waals surface area (Å²) in [4.78, 5) is 3.73. The molecule has 0 amide bonds. The molecule has 0 aliphatic heterocycles. The average molecular weight is 167 g/mol. The highest BCUT2D eigenvalue weighted by Crippen LogP contribution is 2.14. The van der Waals surface area contributed by atoms with E-state index >= 15 is 0 Å². The minimum atomic E-state index is -0.229. The maximum Gasteiger partial charge on any atom is 0.102 e. The number of halogens is 1. The normalized spacial score (nSPS) is 15.6. The van der Waals surface area contributed by atoms with Gasteiger partial charge in [0.25, 0.3) is 0 Å². The van der Waals surface area contributed by atoms with E-state index in [-0.39, 0.29) is 11.9 Å². The molecule has 0 fully saturated rings. The van der Waals surface area contributed by atoms with E-state index in [1.165, 1.54) is 6.92 Å². The quantitative estimate of drug-likeness (QED) is 0.450. The van der Waals surface area contributed by atoms with Gasteiger partial charge in [0, 0.05) is 5.57 Å². The summed E-state index contributed by atoms with van der Waals surface area (Å²) in [6.07, 6.45) is 4.93. The first-order chi connectivity index (χ1) is 5.63. The Morgan fingerprint density at radius 2 is 2.17 bits per heavy atom. The van der Waals surface area contributed by atoms with Crippen LogP contribution in [0.2, 0.25) is 0 Å². The van der Waals surface area contributed by atoms with E-state index in [0.717, 1.165) is 0 Å². The molecule has 0 saturated heterocycles. The Morgan fingerprint density at radius 1 is 1.58 bits per heavy atom. The van der Waals surface area contributed by atoms with Gasteiger partial charge in [-0.15, -0.1) is 0 Å². The smallest absolute Gasteiger partial charge is 0.102 e. The van der Waals surface area contributed by atoms with Crippen LogP contribution in [0.5, 0.6) is 0 Å². The molecule has 0 aromatic rings. The van der Waals surface area contributed by atoms with Crippen LogP contribution in [0.4, 0.5) is 4.39 Å². The SMILES string of the molecule is C=C/C=C\C(=C(/C)F)C(C)N=C. The molecule has 0 rings (SSSR count). The molecule has 0 bridgehead atoms. The average Bonchev–Trinajstić information content (AvgIpc) is 2.04. The van der Waals surface area contributed by atoms with Crippen molar-refractivity contribution >= 4 is 6.72 Å². The zero-order chi connectivity index (χ0) is 9.56. The van der Waals surface area contributed by atoms with E-state index in [2.05, 4.69) is 18.3 Å². The molecule has 0 aliphatic rings. The van der Waals surface area contributed by atoms with Crippen molar-refractivity contribution in [2.24, 2.45) is 4.99 Å². The zero-order valence-corrected chi connectivity index (χ0v) is 7.55. The van der Waals surface area contributed by atoms with Crippen LogP contribution in [0.3, 0.4) is 0 Å². The maximum atomic E-state index is 12.8. The molecular weight excluding hydrogens is 153 g/mol. The molecular formula is C10H14FN. The van der Waals surface area contributed by atoms with Crippen LogP contribution < -0.4 is 0 Å². The Kier molecular flexibility index (Phi) is 4.93. The lowest BCUT2D eigenvalue weighted by Crippen LogP contribution is -2.01. The van der Waals surface area contributed by atoms with Gasteiger partial charge < -0.3 is 0 Å². The molecule has 0 saturated carbocycles. The van der Waals surface area contributed by atoms with Crippen molar-refractivity contribution in [3.05, 3.63) is 36.2 Å². The summed E-state index contributed by atoms with van der Waals surface area (Å²) in [6, 6.07) is -0.203. The standard InChI is InChI=1S/C10H14FN/c1-5-6-7-10(8(2)11)9(3)12-4/h5-7,9H,1,4H2,2-3H3/b7-6-,10-8-. The van der Waals surface area contributed by atoms with Crippen LogP contribution >= 0.6 is 0 Å². The van der Waals surface area contributed by atoms with Crippen molar-refractivity contribution in [1.29, 1.82) is 0 Å². The van der Waals surface area contributed by atoms with Gasteiger partial charge >= 0.3 is 0 Å². The molecule has 1 atom stereocenters. The maximum absolute atomic E-state index is 12.8. The fourth-order valence-electron chi connectivity index (χ4n) is 0.812. The molecule has 12 heavy (non-hydrogen) atoms. The summed E-state index contributed by atoms with van der Waals surface area (Å²) in [5, 5.41) is 0. The van der Waals surface area contributed by atoms with Crippen molar-refractivity contribution in [2.45, 2.75) is 19.9 Å². The predicted molar refractivity (Wildman–Crippen MR) is 52.2 cm³/mol. The second kappa shape index (κ2) is 5.47. The number of hydrogen-bond acceptors (Lipinski definition) is 1. The third kappa shape index (κ3) is 3.28. The minimum absolute atomic E-state index is 0.203. The van der Waals surface area contributed by atoms with E-state index in [9.17, 15) is 4.39 Å². The number of hydrogen-bond donors (Lipinski definition) is 0. The third-order valence-corrected chi connectivity index (χ3v) is 1.53. The first-order valence-electron chi connectivity index (χ1n) is 3.74. The number of nitrogens with zero attached hydrogens (tertiary/aromatic N) is 1. The van der Waals surface area contributed by atoms with Crippen molar-refractivity contribution in [3.63, 3.8) is 0 Å². The van der Waals surface area contributed by atoms with Crippen LogP contribution in [0.15, 0.2) is 41.2 Å². The van der Waals surface area contributed by atoms with Crippen LogP contribution in [-0.2, 0) is 0 Å². The first kappa shape index (κ1) is 10.8. The van der Waals surface area contributed by atoms with Crippen molar-refractivity contribution in [1.82, 2.24) is 0 Å². The van der Waals surface area contributed by atoms with Gasteiger partial charge in [0.05, 0.1) is 6.04 Å². The summed E-state index contributed by atoms with van der Waals surface area (Å²) in [7, 11) is 0. The lowest BCUT2D eigenvalue weighted by Gasteiger charge is -2.06. The van der Waals surface area contributed by atoms with Crippen molar-refractivity contribution in [2.75, 3.05) is 0 Å². The largest absolute Gasteiger partial charge is 0.293 e. The van der Waals surface area contributed by atoms with E-state index in [1.54, 1.807) is 25.2 Å². The lowest BCUT2D eigenvalue weighted by atomic mass is 10.1. The van der Waals surface area contributed by atoms with Crippen LogP contribution in [-0.4, -0.2) is 12.8 Å². The Bertz CT molecular complexity index is 222. The molecule has 0 heterocycles. The van der Waals surface area contributed by atoms with Crippen LogP contribution in [0.1, 0.15) is 13.8 Å². The summed E-state index contributed by atoms with van der Waals surface area (Å²) < 4.78 is 12.8. The predicted octanol–water partition coefficient (Wildman–Crippen LogP) is 3.06. The molecule has 0 N–H and O–H groups in total. The highest BCUT2D eigenvalue weighted by Gasteiger charge is 2.05. The molecule has 0 spiro atoms. The topological polar surface area (TPSA) is 12.4 Å². The monoisotopic (exact) mass is 167 g/mol. The molecule has 1 nitrogen and oxygen atoms in total. The number of aliphatic imine (C=N–C) groups is 1. The van der Waals surface area contributed by atoms with E-state index in [4.69, 9.17) is 0 Å². The minimum Gasteiger partial charge on any atom is -0.293 e. The number of allylic oxidation sites excluding steroid dienone is 3. The summed E-state index contributed by atoms with van der Waals surface area (Å²) in [6.45, 7) is 10.1. The van der Waals surface area contributed by atoms with Gasteiger partial charge in [0.15, 0.2) is 0 Å². The van der Waals surface area contributed by atoms with Gasteiger partial charge in [-0.25, -0.2) is 4.39 Å². The van der Waals surface area contributed by atoms with Crippen LogP contribution in [0, 0.1) is 0 Å². The van der Waals surface area contributed by atoms with Gasteiger partial charge in [0.2, 0.25) is 0 Å². The first-order valence-corrected chi connectivity index (χ1v) is 3.74. The van der Waals surface area contributed by atoms with E-state index in [1.807, 2.05) is 0 Å². The second-order valence-electron chi connectivity index (χ2n) is 2.44. The van der Waals surface area contributed by atoms with Gasteiger partial charge in [-0.1, -0.05) is 24.8 Å². The molecule has 1 unspecified atom stereocenters. The molecule has 0 aromatic heterocycles. The Balaban J connectivity index is 4.68. The van der Waals surface area contributed by atoms with Gasteiger partial charge in [-0.05, 0) is 20.6 Å². The molecule has 0 radical (unpaired) electrons. The Labute approximate surface area is 73.0 Å². The van der Waals surface area contributed by atoms with Crippen LogP contribution in [0.25, 0.3) is 0 Å². The fourth-order valence-corrected chi connectivity index (χ4v) is 0.812. The Hall–Kier alpha value is -1.18. The highest BCUT2D eigenvalue weighted by atomic mass is 19.1. The molecule has 2 heteroatoms. The number of rotatable bonds is 4. The summed E-state index contributed by atoms with van der Waals surface area (Å²) in [5.74, 6) is -0.229. The highest BCUT2D eigenvalue weighted by molar-refractivity contribution is 5.33. The Morgan fingerprint density at radius 3 is 2.50 bits per heavy atom. The van der Waals surface area contributed by atoms with Gasteiger partial charge in [-0.3, -0.25) is 4.99 Å². The summed E-state index contributed by atoms with van der Waals surface area (Å²) in [5.41, 5.74) is 0.546. The fraction of sp³-hybridized carbons (Fsp3) is 0.300. The van der Waals surface area contributed by atoms with Crippen molar-refractivity contribution < 1.29 is 4.39 Å².